The second kappa shape index (κ2) is 10.3. The number of anilines is 1. The second-order valence-electron chi connectivity index (χ2n) is 8.23. The van der Waals surface area contributed by atoms with E-state index in [9.17, 15) is 18.4 Å². The first-order valence-corrected chi connectivity index (χ1v) is 12.3. The highest BCUT2D eigenvalue weighted by molar-refractivity contribution is 7.16. The molecule has 4 aromatic heterocycles. The molecule has 5 heterocycles. The van der Waals surface area contributed by atoms with Crippen LogP contribution in [0.5, 0.6) is 5.75 Å². The van der Waals surface area contributed by atoms with Crippen LogP contribution in [0.2, 0.25) is 5.15 Å². The van der Waals surface area contributed by atoms with E-state index in [0.717, 1.165) is 10.9 Å². The first-order valence-electron chi connectivity index (χ1n) is 11.1. The first kappa shape index (κ1) is 25.5. The number of nitrogens with one attached hydrogen (secondary N) is 1. The summed E-state index contributed by atoms with van der Waals surface area (Å²) in [5, 5.41) is 10.4. The molecule has 0 spiro atoms. The summed E-state index contributed by atoms with van der Waals surface area (Å²) in [5.41, 5.74) is 2.22. The fourth-order valence-electron chi connectivity index (χ4n) is 3.89. The highest BCUT2D eigenvalue weighted by Crippen LogP contribution is 2.35. The SMILES string of the molecule is COc1cnc(Cl)cc1-c1cc(C)ncc1C(=O)Nc1nc2c(s1)CN(C(=O)c1ccc(C(F)F)nn1)C2. The van der Waals surface area contributed by atoms with Crippen LogP contribution >= 0.6 is 22.9 Å². The van der Waals surface area contributed by atoms with Crippen LogP contribution in [0.4, 0.5) is 13.9 Å². The normalized spacial score (nSPS) is 12.5. The summed E-state index contributed by atoms with van der Waals surface area (Å²) in [4.78, 5) is 41.0. The zero-order valence-corrected chi connectivity index (χ0v) is 21.5. The number of nitrogens with zero attached hydrogens (tertiary/aromatic N) is 6. The maximum Gasteiger partial charge on any atom is 0.282 e. The van der Waals surface area contributed by atoms with Gasteiger partial charge in [-0.3, -0.25) is 19.9 Å². The largest absolute Gasteiger partial charge is 0.494 e. The third kappa shape index (κ3) is 5.02. The van der Waals surface area contributed by atoms with Gasteiger partial charge >= 0.3 is 0 Å². The number of carbonyl (C=O) groups excluding carboxylic acids is 2. The van der Waals surface area contributed by atoms with E-state index >= 15 is 0 Å². The number of amides is 2. The number of hydrogen-bond acceptors (Lipinski definition) is 9. The molecule has 0 saturated carbocycles. The summed E-state index contributed by atoms with van der Waals surface area (Å²) in [6.45, 7) is 2.23. The van der Waals surface area contributed by atoms with Crippen molar-refractivity contribution in [3.05, 3.63) is 75.0 Å². The topological polar surface area (TPSA) is 123 Å². The summed E-state index contributed by atoms with van der Waals surface area (Å²) in [6, 6.07) is 5.67. The minimum Gasteiger partial charge on any atom is -0.494 e. The molecule has 194 valence electrons. The van der Waals surface area contributed by atoms with Crippen molar-refractivity contribution < 1.29 is 23.1 Å². The van der Waals surface area contributed by atoms with Gasteiger partial charge in [0.25, 0.3) is 18.2 Å². The van der Waals surface area contributed by atoms with Crippen LogP contribution in [0.3, 0.4) is 0 Å². The lowest BCUT2D eigenvalue weighted by Gasteiger charge is -2.15. The van der Waals surface area contributed by atoms with Crippen molar-refractivity contribution in [2.75, 3.05) is 12.4 Å². The van der Waals surface area contributed by atoms with Crippen molar-refractivity contribution in [3.8, 4) is 16.9 Å². The van der Waals surface area contributed by atoms with Crippen LogP contribution in [0, 0.1) is 6.92 Å². The minimum absolute atomic E-state index is 0.0378. The van der Waals surface area contributed by atoms with Gasteiger partial charge in [-0.05, 0) is 31.2 Å². The molecule has 0 fully saturated rings. The number of fused-ring (bicyclic) bond motifs is 1. The van der Waals surface area contributed by atoms with E-state index < -0.39 is 23.9 Å². The van der Waals surface area contributed by atoms with Gasteiger partial charge in [0.2, 0.25) is 0 Å². The van der Waals surface area contributed by atoms with Crippen molar-refractivity contribution in [1.82, 2.24) is 30.0 Å². The summed E-state index contributed by atoms with van der Waals surface area (Å²) in [7, 11) is 1.50. The first-order chi connectivity index (χ1) is 18.2. The van der Waals surface area contributed by atoms with Crippen molar-refractivity contribution in [2.24, 2.45) is 0 Å². The number of aryl methyl sites for hydroxylation is 1. The van der Waals surface area contributed by atoms with Gasteiger partial charge in [-0.25, -0.2) is 18.7 Å². The molecule has 2 amide bonds. The van der Waals surface area contributed by atoms with Crippen molar-refractivity contribution in [1.29, 1.82) is 0 Å². The van der Waals surface area contributed by atoms with E-state index in [2.05, 4.69) is 30.5 Å². The molecule has 10 nitrogen and oxygen atoms in total. The zero-order chi connectivity index (χ0) is 27.0. The Kier molecular flexibility index (Phi) is 6.95. The molecule has 0 saturated heterocycles. The van der Waals surface area contributed by atoms with Gasteiger partial charge < -0.3 is 9.64 Å². The molecule has 38 heavy (non-hydrogen) atoms. The van der Waals surface area contributed by atoms with Gasteiger partial charge in [-0.1, -0.05) is 22.9 Å². The van der Waals surface area contributed by atoms with Crippen LogP contribution in [0.15, 0.2) is 36.7 Å². The smallest absolute Gasteiger partial charge is 0.282 e. The third-order valence-corrected chi connectivity index (χ3v) is 6.92. The highest BCUT2D eigenvalue weighted by atomic mass is 35.5. The molecule has 5 rings (SSSR count). The molecule has 0 radical (unpaired) electrons. The lowest BCUT2D eigenvalue weighted by Crippen LogP contribution is -2.26. The Hall–Kier alpha value is -4.10. The number of rotatable bonds is 6. The number of ether oxygens (including phenoxy) is 1. The number of hydrogen-bond donors (Lipinski definition) is 1. The van der Waals surface area contributed by atoms with E-state index in [-0.39, 0.29) is 29.5 Å². The monoisotopic (exact) mass is 557 g/mol. The Morgan fingerprint density at radius 3 is 2.63 bits per heavy atom. The molecular weight excluding hydrogens is 540 g/mol. The molecule has 0 unspecified atom stereocenters. The zero-order valence-electron chi connectivity index (χ0n) is 19.9. The Morgan fingerprint density at radius 2 is 1.95 bits per heavy atom. The highest BCUT2D eigenvalue weighted by Gasteiger charge is 2.30. The third-order valence-electron chi connectivity index (χ3n) is 5.72. The molecule has 0 aliphatic carbocycles. The maximum atomic E-state index is 13.3. The Morgan fingerprint density at radius 1 is 1.13 bits per heavy atom. The minimum atomic E-state index is -2.76. The fourth-order valence-corrected chi connectivity index (χ4v) is 5.03. The lowest BCUT2D eigenvalue weighted by molar-refractivity contribution is 0.0742. The van der Waals surface area contributed by atoms with Gasteiger partial charge in [0, 0.05) is 23.0 Å². The van der Waals surface area contributed by atoms with Crippen LogP contribution in [0.1, 0.15) is 49.2 Å². The maximum absolute atomic E-state index is 13.3. The summed E-state index contributed by atoms with van der Waals surface area (Å²) >= 11 is 7.34. The molecule has 0 atom stereocenters. The van der Waals surface area contributed by atoms with Crippen molar-refractivity contribution in [2.45, 2.75) is 26.4 Å². The van der Waals surface area contributed by atoms with Gasteiger partial charge in [0.1, 0.15) is 16.6 Å². The van der Waals surface area contributed by atoms with E-state index in [0.29, 0.717) is 33.4 Å². The van der Waals surface area contributed by atoms with E-state index in [4.69, 9.17) is 16.3 Å². The number of halogens is 3. The summed E-state index contributed by atoms with van der Waals surface area (Å²) in [6.07, 6.45) is 0.182. The molecule has 0 bridgehead atoms. The standard InChI is InChI=1S/C24H18ClF2N7O3S/c1-11-5-12(13-6-20(25)29-8-18(13)37-2)14(7-28-11)22(35)31-24-30-17-9-34(10-19(17)38-24)23(36)16-4-3-15(21(26)27)32-33-16/h3-8,21H,9-10H2,1-2H3,(H,30,31,35). The van der Waals surface area contributed by atoms with Gasteiger partial charge in [-0.15, -0.1) is 10.2 Å². The number of thiazole rings is 1. The van der Waals surface area contributed by atoms with Gasteiger partial charge in [0.15, 0.2) is 10.8 Å². The average Bonchev–Trinajstić information content (AvgIpc) is 3.47. The second-order valence-corrected chi connectivity index (χ2v) is 9.70. The molecule has 4 aromatic rings. The van der Waals surface area contributed by atoms with Gasteiger partial charge in [0.05, 0.1) is 42.5 Å². The van der Waals surface area contributed by atoms with Crippen LogP contribution in [-0.2, 0) is 13.1 Å². The Bertz CT molecular complexity index is 1530. The quantitative estimate of drug-likeness (QED) is 0.338. The molecule has 1 aliphatic heterocycles. The number of pyridine rings is 2. The van der Waals surface area contributed by atoms with Crippen molar-refractivity contribution in [3.63, 3.8) is 0 Å². The molecule has 1 aliphatic rings. The summed E-state index contributed by atoms with van der Waals surface area (Å²) < 4.78 is 30.8. The van der Waals surface area contributed by atoms with E-state index in [1.54, 1.807) is 19.1 Å². The Labute approximate surface area is 223 Å². The molecule has 14 heteroatoms. The molecular formula is C24H18ClF2N7O3S. The predicted molar refractivity (Wildman–Crippen MR) is 134 cm³/mol. The number of alkyl halides is 2. The number of aromatic nitrogens is 5. The average molecular weight is 558 g/mol. The predicted octanol–water partition coefficient (Wildman–Crippen LogP) is 4.71. The van der Waals surface area contributed by atoms with Gasteiger partial charge in [-0.2, -0.15) is 0 Å². The van der Waals surface area contributed by atoms with Crippen molar-refractivity contribution >= 4 is 39.9 Å². The molecule has 0 aromatic carbocycles. The lowest BCUT2D eigenvalue weighted by atomic mass is 10.0. The van der Waals surface area contributed by atoms with Crippen LogP contribution in [-0.4, -0.2) is 49.0 Å². The van der Waals surface area contributed by atoms with E-state index in [1.165, 1.54) is 41.8 Å². The Balaban J connectivity index is 1.33. The van der Waals surface area contributed by atoms with Crippen LogP contribution < -0.4 is 10.1 Å². The van der Waals surface area contributed by atoms with E-state index in [1.807, 2.05) is 0 Å². The fraction of sp³-hybridized carbons (Fsp3) is 0.208. The summed E-state index contributed by atoms with van der Waals surface area (Å²) in [5.74, 6) is -0.438. The number of methoxy groups -OCH3 is 1. The molecule has 1 N–H and O–H groups in total. The van der Waals surface area contributed by atoms with Crippen LogP contribution in [0.25, 0.3) is 11.1 Å². The number of carbonyl (C=O) groups is 2.